The zero-order valence-corrected chi connectivity index (χ0v) is 17.2. The van der Waals surface area contributed by atoms with E-state index in [1.54, 1.807) is 12.3 Å². The first-order chi connectivity index (χ1) is 13.0. The summed E-state index contributed by atoms with van der Waals surface area (Å²) in [6.45, 7) is 6.31. The third-order valence-electron chi connectivity index (χ3n) is 4.57. The van der Waals surface area contributed by atoms with Crippen LogP contribution in [0.15, 0.2) is 64.2 Å². The first kappa shape index (κ1) is 19.1. The molecule has 3 rings (SSSR count). The molecule has 0 aliphatic carbocycles. The molecule has 0 unspecified atom stereocenters. The highest BCUT2D eigenvalue weighted by molar-refractivity contribution is 9.10. The first-order valence-corrected chi connectivity index (χ1v) is 9.67. The number of rotatable bonds is 5. The van der Waals surface area contributed by atoms with E-state index in [9.17, 15) is 4.79 Å². The lowest BCUT2D eigenvalue weighted by Crippen LogP contribution is -2.18. The van der Waals surface area contributed by atoms with Crippen LogP contribution >= 0.6 is 15.9 Å². The molecule has 0 atom stereocenters. The fourth-order valence-electron chi connectivity index (χ4n) is 3.18. The van der Waals surface area contributed by atoms with E-state index in [2.05, 4.69) is 82.1 Å². The van der Waals surface area contributed by atoms with Gasteiger partial charge in [-0.25, -0.2) is 5.43 Å². The van der Waals surface area contributed by atoms with Crippen LogP contribution in [0.4, 0.5) is 0 Å². The quantitative estimate of drug-likeness (QED) is 0.445. The van der Waals surface area contributed by atoms with Gasteiger partial charge in [0.25, 0.3) is 5.91 Å². The topological polar surface area (TPSA) is 46.4 Å². The summed E-state index contributed by atoms with van der Waals surface area (Å²) in [4.78, 5) is 12.3. The molecule has 3 aromatic rings. The number of amides is 1. The minimum absolute atomic E-state index is 0.246. The van der Waals surface area contributed by atoms with Crippen molar-refractivity contribution in [3.05, 3.63) is 87.1 Å². The summed E-state index contributed by atoms with van der Waals surface area (Å²) < 4.78 is 2.97. The number of aromatic nitrogens is 1. The van der Waals surface area contributed by atoms with Gasteiger partial charge in [0.1, 0.15) is 0 Å². The number of hydrogen-bond acceptors (Lipinski definition) is 2. The Morgan fingerprint density at radius 1 is 1.15 bits per heavy atom. The molecule has 1 N–H and O–H groups in total. The van der Waals surface area contributed by atoms with E-state index >= 15 is 0 Å². The summed E-state index contributed by atoms with van der Waals surface area (Å²) >= 11 is 3.38. The summed E-state index contributed by atoms with van der Waals surface area (Å²) in [5, 5.41) is 4.15. The van der Waals surface area contributed by atoms with Gasteiger partial charge >= 0.3 is 0 Å². The lowest BCUT2D eigenvalue weighted by molar-refractivity contribution is 0.0954. The monoisotopic (exact) mass is 423 g/mol. The van der Waals surface area contributed by atoms with Crippen molar-refractivity contribution in [3.63, 3.8) is 0 Å². The van der Waals surface area contributed by atoms with Crippen molar-refractivity contribution in [3.8, 4) is 5.69 Å². The predicted octanol–water partition coefficient (Wildman–Crippen LogP) is 5.18. The number of halogens is 1. The van der Waals surface area contributed by atoms with Crippen molar-refractivity contribution in [2.75, 3.05) is 0 Å². The number of nitrogens with zero attached hydrogens (tertiary/aromatic N) is 2. The minimum Gasteiger partial charge on any atom is -0.318 e. The van der Waals surface area contributed by atoms with E-state index < -0.39 is 0 Å². The van der Waals surface area contributed by atoms with Crippen LogP contribution in [0.3, 0.4) is 0 Å². The predicted molar refractivity (Wildman–Crippen MR) is 114 cm³/mol. The number of para-hydroxylation sites is 1. The number of carbonyl (C=O) groups excluding carboxylic acids is 1. The highest BCUT2D eigenvalue weighted by Crippen LogP contribution is 2.23. The fraction of sp³-hybridized carbons (Fsp3) is 0.182. The van der Waals surface area contributed by atoms with Gasteiger partial charge in [-0.2, -0.15) is 5.10 Å². The van der Waals surface area contributed by atoms with Gasteiger partial charge in [-0.1, -0.05) is 37.3 Å². The van der Waals surface area contributed by atoms with E-state index in [-0.39, 0.29) is 5.91 Å². The van der Waals surface area contributed by atoms with Crippen LogP contribution in [0, 0.1) is 13.8 Å². The SMILES string of the molecule is CCc1ccccc1-n1c(C)cc(/C=N\NC(=O)c2ccccc2Br)c1C. The van der Waals surface area contributed by atoms with Crippen LogP contribution in [-0.4, -0.2) is 16.7 Å². The molecule has 1 heterocycles. The number of hydrogen-bond donors (Lipinski definition) is 1. The Kier molecular flexibility index (Phi) is 5.91. The van der Waals surface area contributed by atoms with Gasteiger partial charge in [-0.05, 0) is 66.0 Å². The van der Waals surface area contributed by atoms with Gasteiger partial charge < -0.3 is 4.57 Å². The third kappa shape index (κ3) is 4.03. The van der Waals surface area contributed by atoms with E-state index in [0.29, 0.717) is 5.56 Å². The van der Waals surface area contributed by atoms with Crippen molar-refractivity contribution in [1.29, 1.82) is 0 Å². The lowest BCUT2D eigenvalue weighted by Gasteiger charge is -2.13. The van der Waals surface area contributed by atoms with Crippen LogP contribution in [0.1, 0.15) is 39.8 Å². The Labute approximate surface area is 168 Å². The average molecular weight is 424 g/mol. The molecule has 0 saturated heterocycles. The van der Waals surface area contributed by atoms with Crippen molar-refractivity contribution in [2.24, 2.45) is 5.10 Å². The van der Waals surface area contributed by atoms with E-state index in [4.69, 9.17) is 0 Å². The van der Waals surface area contributed by atoms with Gasteiger partial charge in [-0.3, -0.25) is 4.79 Å². The lowest BCUT2D eigenvalue weighted by atomic mass is 10.1. The summed E-state index contributed by atoms with van der Waals surface area (Å²) in [7, 11) is 0. The highest BCUT2D eigenvalue weighted by atomic mass is 79.9. The Morgan fingerprint density at radius 2 is 1.85 bits per heavy atom. The Balaban J connectivity index is 1.84. The largest absolute Gasteiger partial charge is 0.318 e. The molecule has 0 radical (unpaired) electrons. The second-order valence-electron chi connectivity index (χ2n) is 6.32. The van der Waals surface area contributed by atoms with Crippen LogP contribution < -0.4 is 5.43 Å². The van der Waals surface area contributed by atoms with Crippen molar-refractivity contribution >= 4 is 28.1 Å². The highest BCUT2D eigenvalue weighted by Gasteiger charge is 2.12. The first-order valence-electron chi connectivity index (χ1n) is 8.88. The molecule has 0 spiro atoms. The summed E-state index contributed by atoms with van der Waals surface area (Å²) in [5.74, 6) is -0.246. The molecule has 138 valence electrons. The average Bonchev–Trinajstić information content (AvgIpc) is 2.95. The third-order valence-corrected chi connectivity index (χ3v) is 5.26. The second-order valence-corrected chi connectivity index (χ2v) is 7.18. The van der Waals surface area contributed by atoms with Gasteiger partial charge in [0.2, 0.25) is 0 Å². The maximum atomic E-state index is 12.3. The zero-order valence-electron chi connectivity index (χ0n) is 15.7. The number of nitrogens with one attached hydrogen (secondary N) is 1. The zero-order chi connectivity index (χ0) is 19.4. The normalized spacial score (nSPS) is 11.1. The molecular weight excluding hydrogens is 402 g/mol. The van der Waals surface area contributed by atoms with Crippen molar-refractivity contribution in [1.82, 2.24) is 9.99 Å². The van der Waals surface area contributed by atoms with Crippen LogP contribution in [0.2, 0.25) is 0 Å². The van der Waals surface area contributed by atoms with Gasteiger partial charge in [0, 0.05) is 27.1 Å². The van der Waals surface area contributed by atoms with Crippen molar-refractivity contribution < 1.29 is 4.79 Å². The Hall–Kier alpha value is -2.66. The number of aryl methyl sites for hydroxylation is 2. The molecule has 1 aromatic heterocycles. The molecule has 1 amide bonds. The number of hydrazone groups is 1. The summed E-state index contributed by atoms with van der Waals surface area (Å²) in [5.41, 5.74) is 8.83. The van der Waals surface area contributed by atoms with E-state index in [1.807, 2.05) is 18.2 Å². The Bertz CT molecular complexity index is 1000. The van der Waals surface area contributed by atoms with Crippen LogP contribution in [0.25, 0.3) is 5.69 Å². The van der Waals surface area contributed by atoms with Crippen LogP contribution in [-0.2, 0) is 6.42 Å². The molecule has 4 nitrogen and oxygen atoms in total. The molecule has 0 aliphatic heterocycles. The molecular formula is C22H22BrN3O. The van der Waals surface area contributed by atoms with Gasteiger partial charge in [0.05, 0.1) is 11.8 Å². The van der Waals surface area contributed by atoms with Gasteiger partial charge in [-0.15, -0.1) is 0 Å². The summed E-state index contributed by atoms with van der Waals surface area (Å²) in [6.07, 6.45) is 2.67. The molecule has 0 bridgehead atoms. The Morgan fingerprint density at radius 3 is 2.59 bits per heavy atom. The molecule has 5 heteroatoms. The minimum atomic E-state index is -0.246. The smallest absolute Gasteiger partial charge is 0.272 e. The number of benzene rings is 2. The van der Waals surface area contributed by atoms with E-state index in [1.165, 1.54) is 11.3 Å². The maximum Gasteiger partial charge on any atom is 0.272 e. The molecule has 0 fully saturated rings. The molecule has 0 saturated carbocycles. The molecule has 0 aliphatic rings. The van der Waals surface area contributed by atoms with E-state index in [0.717, 1.165) is 27.8 Å². The second kappa shape index (κ2) is 8.35. The fourth-order valence-corrected chi connectivity index (χ4v) is 3.65. The van der Waals surface area contributed by atoms with Crippen LogP contribution in [0.5, 0.6) is 0 Å². The summed E-state index contributed by atoms with van der Waals surface area (Å²) in [6, 6.07) is 17.8. The van der Waals surface area contributed by atoms with Gasteiger partial charge in [0.15, 0.2) is 0 Å². The molecule has 27 heavy (non-hydrogen) atoms. The van der Waals surface area contributed by atoms with Crippen molar-refractivity contribution in [2.45, 2.75) is 27.2 Å². The number of carbonyl (C=O) groups is 1. The standard InChI is InChI=1S/C22H22BrN3O/c1-4-17-9-5-8-12-21(17)26-15(2)13-18(16(26)3)14-24-25-22(27)19-10-6-7-11-20(19)23/h5-14H,4H2,1-3H3,(H,25,27)/b24-14-. The molecule has 2 aromatic carbocycles. The maximum absolute atomic E-state index is 12.3.